The number of amides is 1. The van der Waals surface area contributed by atoms with Crippen LogP contribution in [0.3, 0.4) is 0 Å². The van der Waals surface area contributed by atoms with Crippen LogP contribution >= 0.6 is 0 Å². The maximum atomic E-state index is 14.2. The van der Waals surface area contributed by atoms with E-state index in [9.17, 15) is 18.4 Å². The predicted octanol–water partition coefficient (Wildman–Crippen LogP) is 2.90. The Morgan fingerprint density at radius 1 is 1.18 bits per heavy atom. The van der Waals surface area contributed by atoms with Gasteiger partial charge in [-0.2, -0.15) is 0 Å². The SMILES string of the molecule is CNCCC1CN2C(=C(C(=O)Nc3ccccc3F)C1=O)N(CCOC)c1cc(F)ccc12. The van der Waals surface area contributed by atoms with Gasteiger partial charge in [0.25, 0.3) is 5.91 Å². The summed E-state index contributed by atoms with van der Waals surface area (Å²) in [6.45, 7) is 1.55. The molecule has 1 amide bonds. The predicted molar refractivity (Wildman–Crippen MR) is 122 cm³/mol. The quantitative estimate of drug-likeness (QED) is 0.595. The third kappa shape index (κ3) is 4.34. The third-order valence-corrected chi connectivity index (χ3v) is 5.89. The van der Waals surface area contributed by atoms with Gasteiger partial charge in [-0.3, -0.25) is 9.59 Å². The fraction of sp³-hybridized carbons (Fsp3) is 0.333. The lowest BCUT2D eigenvalue weighted by atomic mass is 9.89. The Hall–Kier alpha value is -3.30. The van der Waals surface area contributed by atoms with Crippen molar-refractivity contribution in [2.24, 2.45) is 5.92 Å². The molecule has 2 N–H and O–H groups in total. The van der Waals surface area contributed by atoms with Crippen molar-refractivity contribution in [3.63, 3.8) is 0 Å². The van der Waals surface area contributed by atoms with Crippen LogP contribution in [0, 0.1) is 17.6 Å². The average molecular weight is 456 g/mol. The number of Topliss-reactive ketones (excluding diaryl/α,β-unsaturated/α-hetero) is 1. The second-order valence-corrected chi connectivity index (χ2v) is 7.97. The van der Waals surface area contributed by atoms with E-state index in [-0.39, 0.29) is 17.0 Å². The summed E-state index contributed by atoms with van der Waals surface area (Å²) in [4.78, 5) is 30.5. The average Bonchev–Trinajstić information content (AvgIpc) is 3.09. The van der Waals surface area contributed by atoms with E-state index in [1.807, 2.05) is 4.90 Å². The summed E-state index contributed by atoms with van der Waals surface area (Å²) in [5.74, 6) is -2.13. The molecule has 2 aliphatic heterocycles. The number of fused-ring (bicyclic) bond motifs is 3. The Bertz CT molecular complexity index is 1100. The molecule has 2 aromatic rings. The molecule has 0 fully saturated rings. The zero-order valence-electron chi connectivity index (χ0n) is 18.5. The highest BCUT2D eigenvalue weighted by atomic mass is 19.1. The van der Waals surface area contributed by atoms with Crippen molar-refractivity contribution in [3.8, 4) is 0 Å². The maximum Gasteiger partial charge on any atom is 0.263 e. The molecule has 2 heterocycles. The number of nitrogens with one attached hydrogen (secondary N) is 2. The lowest BCUT2D eigenvalue weighted by molar-refractivity contribution is -0.123. The number of carbonyl (C=O) groups excluding carboxylic acids is 2. The van der Waals surface area contributed by atoms with Crippen molar-refractivity contribution < 1.29 is 23.1 Å². The summed E-state index contributed by atoms with van der Waals surface area (Å²) < 4.78 is 33.6. The summed E-state index contributed by atoms with van der Waals surface area (Å²) >= 11 is 0. The molecule has 0 saturated heterocycles. The number of ketones is 1. The first-order valence-electron chi connectivity index (χ1n) is 10.8. The Morgan fingerprint density at radius 3 is 2.70 bits per heavy atom. The number of anilines is 3. The number of hydrogen-bond acceptors (Lipinski definition) is 6. The molecule has 1 unspecified atom stereocenters. The standard InChI is InChI=1S/C24H26F2N4O3/c1-27-10-9-15-14-30-19-8-7-16(25)13-20(19)29(11-12-33-2)24(30)21(22(15)31)23(32)28-18-6-4-3-5-17(18)26/h3-8,13,15,27H,9-12,14H2,1-2H3,(H,28,32). The number of halogens is 2. The second-order valence-electron chi connectivity index (χ2n) is 7.97. The van der Waals surface area contributed by atoms with E-state index >= 15 is 0 Å². The largest absolute Gasteiger partial charge is 0.383 e. The van der Waals surface area contributed by atoms with E-state index in [4.69, 9.17) is 4.74 Å². The minimum absolute atomic E-state index is 0.0164. The fourth-order valence-electron chi connectivity index (χ4n) is 4.30. The molecule has 1 atom stereocenters. The van der Waals surface area contributed by atoms with Crippen molar-refractivity contribution in [1.82, 2.24) is 5.32 Å². The van der Waals surface area contributed by atoms with Gasteiger partial charge in [0.1, 0.15) is 23.0 Å². The minimum atomic E-state index is -0.699. The Balaban J connectivity index is 1.83. The topological polar surface area (TPSA) is 73.9 Å². The number of nitrogens with zero attached hydrogens (tertiary/aromatic N) is 2. The number of hydrogen-bond donors (Lipinski definition) is 2. The van der Waals surface area contributed by atoms with Gasteiger partial charge in [-0.05, 0) is 50.3 Å². The molecule has 9 heteroatoms. The molecule has 0 saturated carbocycles. The highest BCUT2D eigenvalue weighted by molar-refractivity contribution is 6.26. The molecule has 2 aromatic carbocycles. The van der Waals surface area contributed by atoms with Gasteiger partial charge in [0.15, 0.2) is 5.78 Å². The summed E-state index contributed by atoms with van der Waals surface area (Å²) in [5, 5.41) is 5.58. The zero-order valence-corrected chi connectivity index (χ0v) is 18.5. The van der Waals surface area contributed by atoms with E-state index in [1.165, 1.54) is 30.3 Å². The summed E-state index contributed by atoms with van der Waals surface area (Å²) in [5.41, 5.74) is 1.18. The molecule has 4 rings (SSSR count). The number of rotatable bonds is 8. The van der Waals surface area contributed by atoms with Gasteiger partial charge in [0.2, 0.25) is 0 Å². The number of para-hydroxylation sites is 1. The van der Waals surface area contributed by atoms with Gasteiger partial charge in [0.05, 0.1) is 23.7 Å². The number of ether oxygens (including phenoxy) is 1. The summed E-state index contributed by atoms with van der Waals surface area (Å²) in [7, 11) is 3.33. The molecule has 0 radical (unpaired) electrons. The molecule has 174 valence electrons. The highest BCUT2D eigenvalue weighted by Crippen LogP contribution is 2.46. The molecule has 0 aliphatic carbocycles. The summed E-state index contributed by atoms with van der Waals surface area (Å²) in [6, 6.07) is 10.2. The first kappa shape index (κ1) is 22.9. The van der Waals surface area contributed by atoms with Crippen LogP contribution in [0.2, 0.25) is 0 Å². The van der Waals surface area contributed by atoms with E-state index in [1.54, 1.807) is 31.2 Å². The van der Waals surface area contributed by atoms with Gasteiger partial charge in [0, 0.05) is 26.1 Å². The molecule has 2 aliphatic rings. The van der Waals surface area contributed by atoms with E-state index in [0.717, 1.165) is 0 Å². The van der Waals surface area contributed by atoms with E-state index < -0.39 is 23.5 Å². The molecule has 0 aromatic heterocycles. The van der Waals surface area contributed by atoms with Crippen LogP contribution in [0.25, 0.3) is 0 Å². The van der Waals surface area contributed by atoms with Crippen LogP contribution in [-0.4, -0.2) is 52.1 Å². The normalized spacial score (nSPS) is 17.3. The van der Waals surface area contributed by atoms with Crippen molar-refractivity contribution in [3.05, 3.63) is 65.5 Å². The van der Waals surface area contributed by atoms with Crippen LogP contribution in [0.4, 0.5) is 25.8 Å². The van der Waals surface area contributed by atoms with E-state index in [2.05, 4.69) is 10.6 Å². The van der Waals surface area contributed by atoms with Crippen molar-refractivity contribution in [1.29, 1.82) is 0 Å². The van der Waals surface area contributed by atoms with Gasteiger partial charge >= 0.3 is 0 Å². The molecule has 33 heavy (non-hydrogen) atoms. The van der Waals surface area contributed by atoms with Crippen LogP contribution < -0.4 is 20.4 Å². The molecular formula is C24H26F2N4O3. The number of carbonyl (C=O) groups is 2. The first-order chi connectivity index (χ1) is 16.0. The maximum absolute atomic E-state index is 14.2. The number of methoxy groups -OCH3 is 1. The fourth-order valence-corrected chi connectivity index (χ4v) is 4.30. The van der Waals surface area contributed by atoms with Crippen LogP contribution in [0.1, 0.15) is 6.42 Å². The molecule has 0 spiro atoms. The van der Waals surface area contributed by atoms with E-state index in [0.29, 0.717) is 49.9 Å². The molecule has 7 nitrogen and oxygen atoms in total. The Labute approximate surface area is 191 Å². The Morgan fingerprint density at radius 2 is 1.97 bits per heavy atom. The molecular weight excluding hydrogens is 430 g/mol. The monoisotopic (exact) mass is 456 g/mol. The smallest absolute Gasteiger partial charge is 0.263 e. The van der Waals surface area contributed by atoms with Crippen LogP contribution in [0.5, 0.6) is 0 Å². The van der Waals surface area contributed by atoms with Gasteiger partial charge in [-0.25, -0.2) is 8.78 Å². The first-order valence-corrected chi connectivity index (χ1v) is 10.8. The minimum Gasteiger partial charge on any atom is -0.383 e. The Kier molecular flexibility index (Phi) is 6.71. The van der Waals surface area contributed by atoms with Crippen LogP contribution in [0.15, 0.2) is 53.9 Å². The van der Waals surface area contributed by atoms with Crippen molar-refractivity contribution in [2.75, 3.05) is 55.5 Å². The zero-order chi connectivity index (χ0) is 23.5. The third-order valence-electron chi connectivity index (χ3n) is 5.89. The second kappa shape index (κ2) is 9.68. The van der Waals surface area contributed by atoms with Crippen molar-refractivity contribution >= 4 is 28.8 Å². The van der Waals surface area contributed by atoms with Crippen molar-refractivity contribution in [2.45, 2.75) is 6.42 Å². The lowest BCUT2D eigenvalue weighted by Gasteiger charge is -2.35. The number of benzene rings is 2. The highest BCUT2D eigenvalue weighted by Gasteiger charge is 2.45. The molecule has 0 bridgehead atoms. The van der Waals surface area contributed by atoms with Crippen LogP contribution in [-0.2, 0) is 14.3 Å². The van der Waals surface area contributed by atoms with Gasteiger partial charge in [-0.1, -0.05) is 12.1 Å². The summed E-state index contributed by atoms with van der Waals surface area (Å²) in [6.07, 6.45) is 0.518. The lowest BCUT2D eigenvalue weighted by Crippen LogP contribution is -2.46. The van der Waals surface area contributed by atoms with Gasteiger partial charge in [-0.15, -0.1) is 0 Å². The van der Waals surface area contributed by atoms with Gasteiger partial charge < -0.3 is 25.2 Å².